The van der Waals surface area contributed by atoms with Crippen molar-refractivity contribution in [3.63, 3.8) is 0 Å². The lowest BCUT2D eigenvalue weighted by atomic mass is 10.9. The average molecular weight is 165 g/mol. The maximum absolute atomic E-state index is 9.54. The summed E-state index contributed by atoms with van der Waals surface area (Å²) in [5.74, 6) is -0.329. The molecule has 0 saturated heterocycles. The van der Waals surface area contributed by atoms with Crippen LogP contribution >= 0.6 is 16.3 Å². The predicted octanol–water partition coefficient (Wildman–Crippen LogP) is -0.0568. The second-order valence-electron chi connectivity index (χ2n) is 0.569. The largest absolute Gasteiger partial charge is 0.384 e. The van der Waals surface area contributed by atoms with Gasteiger partial charge in [0.25, 0.3) is 0 Å². The van der Waals surface area contributed by atoms with E-state index in [4.69, 9.17) is 0 Å². The third-order valence-electron chi connectivity index (χ3n) is 0.109. The zero-order valence-corrected chi connectivity index (χ0v) is 4.28. The molecule has 0 aliphatic rings. The van der Waals surface area contributed by atoms with Gasteiger partial charge in [-0.3, -0.25) is 4.79 Å². The van der Waals surface area contributed by atoms with Crippen LogP contribution in [0.5, 0.6) is 0 Å². The van der Waals surface area contributed by atoms with Gasteiger partial charge in [0.2, 0.25) is 0 Å². The smallest absolute Gasteiger partial charge is 0.316 e. The van der Waals surface area contributed by atoms with Crippen molar-refractivity contribution in [3.8, 4) is 0 Å². The van der Waals surface area contributed by atoms with E-state index in [0.29, 0.717) is 0 Å². The van der Waals surface area contributed by atoms with Gasteiger partial charge in [0.05, 0.1) is 0 Å². The lowest BCUT2D eigenvalue weighted by Gasteiger charge is -1.75. The highest BCUT2D eigenvalue weighted by Gasteiger charge is 1.78. The first-order valence-electron chi connectivity index (χ1n) is 1.06. The van der Waals surface area contributed by atoms with Crippen LogP contribution in [0.4, 0.5) is 0 Å². The van der Waals surface area contributed by atoms with Crippen molar-refractivity contribution in [2.24, 2.45) is 0 Å². The molecule has 0 aromatic heterocycles. The molecule has 34 valence electrons. The normalized spacial score (nSPS) is 5.67. The number of carbonyl (C=O) groups excluding carboxylic acids is 1. The standard InChI is InChI=1S/C2H3BrO2.Mg.2H/c1-2(4)5-3;;;/h1H3;;;. The quantitative estimate of drug-likeness (QED) is 0.470. The molecule has 0 rings (SSSR count). The molecule has 0 aromatic rings. The van der Waals surface area contributed by atoms with Crippen LogP contribution in [0.3, 0.4) is 0 Å². The molecular formula is C2H5BrMgO2. The molecule has 0 amide bonds. The van der Waals surface area contributed by atoms with E-state index in [0.717, 1.165) is 0 Å². The zero-order chi connectivity index (χ0) is 4.28. The molecule has 0 saturated carbocycles. The predicted molar refractivity (Wildman–Crippen MR) is 29.2 cm³/mol. The molecule has 4 heteroatoms. The van der Waals surface area contributed by atoms with Gasteiger partial charge in [-0.15, -0.1) is 0 Å². The summed E-state index contributed by atoms with van der Waals surface area (Å²) in [6.07, 6.45) is 0. The molecule has 0 N–H and O–H groups in total. The Morgan fingerprint density at radius 2 is 2.00 bits per heavy atom. The highest BCUT2D eigenvalue weighted by atomic mass is 79.9. The second-order valence-corrected chi connectivity index (χ2v) is 0.892. The average Bonchev–Trinajstić information content (AvgIpc) is 1.38. The van der Waals surface area contributed by atoms with Gasteiger partial charge in [-0.2, -0.15) is 0 Å². The lowest BCUT2D eigenvalue weighted by Crippen LogP contribution is -1.82. The summed E-state index contributed by atoms with van der Waals surface area (Å²) in [6, 6.07) is 0. The molecule has 0 heterocycles. The number of rotatable bonds is 0. The van der Waals surface area contributed by atoms with Crippen LogP contribution in [0, 0.1) is 0 Å². The molecule has 0 radical (unpaired) electrons. The van der Waals surface area contributed by atoms with Gasteiger partial charge in [0.1, 0.15) is 0 Å². The fourth-order valence-electron chi connectivity index (χ4n) is 0. The molecule has 0 atom stereocenters. The summed E-state index contributed by atoms with van der Waals surface area (Å²) in [6.45, 7) is 1.31. The molecule has 0 spiro atoms. The Balaban J connectivity index is 0. The Morgan fingerprint density at radius 1 is 1.83 bits per heavy atom. The minimum Gasteiger partial charge on any atom is -0.384 e. The molecule has 0 aliphatic carbocycles. The van der Waals surface area contributed by atoms with E-state index in [1.54, 1.807) is 0 Å². The third-order valence-corrected chi connectivity index (χ3v) is 0.565. The van der Waals surface area contributed by atoms with Crippen molar-refractivity contribution in [1.29, 1.82) is 0 Å². The molecule has 0 fully saturated rings. The van der Waals surface area contributed by atoms with Gasteiger partial charge >= 0.3 is 29.0 Å². The minimum atomic E-state index is -0.329. The molecule has 0 aliphatic heterocycles. The number of hydrogen-bond donors (Lipinski definition) is 0. The Kier molecular flexibility index (Phi) is 9.40. The van der Waals surface area contributed by atoms with E-state index in [1.165, 1.54) is 6.92 Å². The molecule has 6 heavy (non-hydrogen) atoms. The fourth-order valence-corrected chi connectivity index (χ4v) is 0. The first kappa shape index (κ1) is 9.87. The lowest BCUT2D eigenvalue weighted by molar-refractivity contribution is -0.129. The highest BCUT2D eigenvalue weighted by molar-refractivity contribution is 9.06. The van der Waals surface area contributed by atoms with Crippen molar-refractivity contribution < 1.29 is 8.62 Å². The maximum Gasteiger partial charge on any atom is 0.316 e. The van der Waals surface area contributed by atoms with Gasteiger partial charge < -0.3 is 3.83 Å². The Labute approximate surface area is 60.8 Å². The van der Waals surface area contributed by atoms with Crippen molar-refractivity contribution in [1.82, 2.24) is 0 Å². The van der Waals surface area contributed by atoms with Crippen LogP contribution < -0.4 is 0 Å². The van der Waals surface area contributed by atoms with E-state index < -0.39 is 0 Å². The first-order valence-corrected chi connectivity index (χ1v) is 1.71. The van der Waals surface area contributed by atoms with Crippen molar-refractivity contribution in [2.45, 2.75) is 6.92 Å². The van der Waals surface area contributed by atoms with Gasteiger partial charge in [-0.05, 0) is 0 Å². The van der Waals surface area contributed by atoms with Crippen LogP contribution in [-0.4, -0.2) is 29.0 Å². The molecule has 0 aromatic carbocycles. The van der Waals surface area contributed by atoms with Crippen molar-refractivity contribution in [3.05, 3.63) is 0 Å². The molecule has 0 unspecified atom stereocenters. The van der Waals surface area contributed by atoms with E-state index in [2.05, 4.69) is 20.1 Å². The van der Waals surface area contributed by atoms with Crippen LogP contribution in [0.1, 0.15) is 6.92 Å². The summed E-state index contributed by atoms with van der Waals surface area (Å²) in [5.41, 5.74) is 0. The van der Waals surface area contributed by atoms with Gasteiger partial charge in [0.15, 0.2) is 16.3 Å². The summed E-state index contributed by atoms with van der Waals surface area (Å²) >= 11 is 2.46. The molecular weight excluding hydrogens is 160 g/mol. The molecule has 2 nitrogen and oxygen atoms in total. The van der Waals surface area contributed by atoms with E-state index in [-0.39, 0.29) is 29.0 Å². The summed E-state index contributed by atoms with van der Waals surface area (Å²) < 4.78 is 3.92. The summed E-state index contributed by atoms with van der Waals surface area (Å²) in [7, 11) is 0. The summed E-state index contributed by atoms with van der Waals surface area (Å²) in [4.78, 5) is 9.54. The van der Waals surface area contributed by atoms with Gasteiger partial charge in [-0.1, -0.05) is 0 Å². The summed E-state index contributed by atoms with van der Waals surface area (Å²) in [5, 5.41) is 0. The fraction of sp³-hybridized carbons (Fsp3) is 0.500. The zero-order valence-electron chi connectivity index (χ0n) is 2.69. The minimum absolute atomic E-state index is 0. The van der Waals surface area contributed by atoms with Crippen molar-refractivity contribution in [2.75, 3.05) is 0 Å². The van der Waals surface area contributed by atoms with Crippen LogP contribution in [-0.2, 0) is 8.62 Å². The maximum atomic E-state index is 9.54. The Morgan fingerprint density at radius 3 is 2.00 bits per heavy atom. The SMILES string of the molecule is CC(=O)OBr.[MgH2]. The van der Waals surface area contributed by atoms with Crippen LogP contribution in [0.2, 0.25) is 0 Å². The number of halogens is 1. The van der Waals surface area contributed by atoms with E-state index >= 15 is 0 Å². The Hall–Kier alpha value is 0.716. The topological polar surface area (TPSA) is 26.3 Å². The molecule has 0 bridgehead atoms. The Bertz CT molecular complexity index is 46.8. The first-order chi connectivity index (χ1) is 2.27. The highest BCUT2D eigenvalue weighted by Crippen LogP contribution is 1.80. The monoisotopic (exact) mass is 164 g/mol. The van der Waals surface area contributed by atoms with Crippen LogP contribution in [0.15, 0.2) is 0 Å². The second kappa shape index (κ2) is 5.72. The number of carbonyl (C=O) groups is 1. The van der Waals surface area contributed by atoms with Gasteiger partial charge in [-0.25, -0.2) is 0 Å². The van der Waals surface area contributed by atoms with Gasteiger partial charge in [0, 0.05) is 6.92 Å². The van der Waals surface area contributed by atoms with Crippen molar-refractivity contribution >= 4 is 45.3 Å². The third kappa shape index (κ3) is 8.83. The van der Waals surface area contributed by atoms with E-state index in [1.807, 2.05) is 0 Å². The number of hydrogen-bond acceptors (Lipinski definition) is 2. The van der Waals surface area contributed by atoms with E-state index in [9.17, 15) is 4.79 Å². The van der Waals surface area contributed by atoms with Crippen LogP contribution in [0.25, 0.3) is 0 Å².